The molecule has 0 amide bonds. The van der Waals surface area contributed by atoms with Gasteiger partial charge in [0.25, 0.3) is 0 Å². The maximum atomic E-state index is 6.00. The summed E-state index contributed by atoms with van der Waals surface area (Å²) in [5.41, 5.74) is 7.47. The van der Waals surface area contributed by atoms with Crippen molar-refractivity contribution < 1.29 is 0 Å². The molecule has 1 heteroatoms. The van der Waals surface area contributed by atoms with Gasteiger partial charge in [0.2, 0.25) is 0 Å². The first-order valence-corrected chi connectivity index (χ1v) is 4.06. The molecule has 0 bridgehead atoms. The van der Waals surface area contributed by atoms with Crippen molar-refractivity contribution in [3.05, 3.63) is 12.2 Å². The van der Waals surface area contributed by atoms with E-state index >= 15 is 0 Å². The van der Waals surface area contributed by atoms with E-state index in [9.17, 15) is 0 Å². The van der Waals surface area contributed by atoms with Crippen LogP contribution in [0.2, 0.25) is 0 Å². The number of rotatable bonds is 0. The van der Waals surface area contributed by atoms with Crippen molar-refractivity contribution in [2.45, 2.75) is 44.6 Å². The summed E-state index contributed by atoms with van der Waals surface area (Å²) in [5, 5.41) is 0. The van der Waals surface area contributed by atoms with Crippen LogP contribution in [-0.4, -0.2) is 5.54 Å². The van der Waals surface area contributed by atoms with Gasteiger partial charge in [0.1, 0.15) is 0 Å². The van der Waals surface area contributed by atoms with E-state index in [2.05, 4.69) is 13.5 Å². The van der Waals surface area contributed by atoms with Gasteiger partial charge >= 0.3 is 0 Å². The summed E-state index contributed by atoms with van der Waals surface area (Å²) in [6, 6.07) is 0. The van der Waals surface area contributed by atoms with Crippen LogP contribution in [0, 0.1) is 0 Å². The lowest BCUT2D eigenvalue weighted by atomic mass is 9.94. The van der Waals surface area contributed by atoms with E-state index in [1.165, 1.54) is 18.4 Å². The first-order valence-electron chi connectivity index (χ1n) is 4.06. The highest BCUT2D eigenvalue weighted by Crippen LogP contribution is 2.26. The Morgan fingerprint density at radius 2 is 2.10 bits per heavy atom. The van der Waals surface area contributed by atoms with Crippen molar-refractivity contribution in [2.24, 2.45) is 5.73 Å². The predicted molar refractivity (Wildman–Crippen MR) is 44.8 cm³/mol. The second-order valence-electron chi connectivity index (χ2n) is 3.76. The maximum absolute atomic E-state index is 6.00. The largest absolute Gasteiger partial charge is 0.325 e. The van der Waals surface area contributed by atoms with Crippen LogP contribution in [0.4, 0.5) is 0 Å². The van der Waals surface area contributed by atoms with E-state index in [-0.39, 0.29) is 5.54 Å². The second kappa shape index (κ2) is 2.75. The Labute approximate surface area is 63.3 Å². The molecule has 1 aliphatic carbocycles. The quantitative estimate of drug-likeness (QED) is 0.404. The highest BCUT2D eigenvalue weighted by atomic mass is 14.7. The Balaban J connectivity index is 2.48. The Kier molecular flexibility index (Phi) is 2.14. The fourth-order valence-electron chi connectivity index (χ4n) is 1.45. The van der Waals surface area contributed by atoms with E-state index in [0.29, 0.717) is 0 Å². The van der Waals surface area contributed by atoms with E-state index in [4.69, 9.17) is 5.73 Å². The minimum atomic E-state index is 0.0828. The smallest absolute Gasteiger partial charge is 0.0129 e. The molecule has 0 radical (unpaired) electrons. The third-order valence-electron chi connectivity index (χ3n) is 2.33. The van der Waals surface area contributed by atoms with E-state index in [0.717, 1.165) is 19.3 Å². The molecule has 0 aromatic heterocycles. The summed E-state index contributed by atoms with van der Waals surface area (Å²) >= 11 is 0. The van der Waals surface area contributed by atoms with Crippen LogP contribution < -0.4 is 5.73 Å². The van der Waals surface area contributed by atoms with Crippen molar-refractivity contribution >= 4 is 0 Å². The zero-order valence-electron chi connectivity index (χ0n) is 6.82. The molecule has 1 saturated carbocycles. The summed E-state index contributed by atoms with van der Waals surface area (Å²) in [6.45, 7) is 6.13. The number of allylic oxidation sites excluding steroid dienone is 1. The number of nitrogens with two attached hydrogens (primary N) is 1. The molecule has 0 saturated heterocycles. The van der Waals surface area contributed by atoms with E-state index in [1.54, 1.807) is 0 Å². The average molecular weight is 139 g/mol. The molecule has 0 aromatic rings. The molecule has 1 rings (SSSR count). The lowest BCUT2D eigenvalue weighted by Crippen LogP contribution is -2.34. The normalized spacial score (nSPS) is 35.6. The van der Waals surface area contributed by atoms with Gasteiger partial charge in [-0.1, -0.05) is 12.2 Å². The van der Waals surface area contributed by atoms with E-state index < -0.39 is 0 Å². The molecule has 1 aliphatic rings. The fourth-order valence-corrected chi connectivity index (χ4v) is 1.45. The SMILES string of the molecule is C=C1CCC[C@@](C)(N)CC1. The molecule has 1 fully saturated rings. The van der Waals surface area contributed by atoms with Crippen LogP contribution in [0.25, 0.3) is 0 Å². The lowest BCUT2D eigenvalue weighted by Gasteiger charge is -2.21. The zero-order valence-corrected chi connectivity index (χ0v) is 6.82. The van der Waals surface area contributed by atoms with Gasteiger partial charge in [0.15, 0.2) is 0 Å². The molecule has 0 aromatic carbocycles. The Bertz CT molecular complexity index is 136. The molecule has 0 aliphatic heterocycles. The minimum Gasteiger partial charge on any atom is -0.325 e. The number of hydrogen-bond donors (Lipinski definition) is 1. The van der Waals surface area contributed by atoms with Crippen molar-refractivity contribution in [3.63, 3.8) is 0 Å². The first-order chi connectivity index (χ1) is 4.60. The third kappa shape index (κ3) is 2.14. The highest BCUT2D eigenvalue weighted by Gasteiger charge is 2.20. The molecule has 1 atom stereocenters. The molecule has 10 heavy (non-hydrogen) atoms. The van der Waals surface area contributed by atoms with Gasteiger partial charge in [-0.3, -0.25) is 0 Å². The van der Waals surface area contributed by atoms with Crippen LogP contribution in [0.15, 0.2) is 12.2 Å². The topological polar surface area (TPSA) is 26.0 Å². The maximum Gasteiger partial charge on any atom is 0.0129 e. The molecule has 0 heterocycles. The molecule has 2 N–H and O–H groups in total. The molecular formula is C9H17N. The molecular weight excluding hydrogens is 122 g/mol. The first kappa shape index (κ1) is 7.80. The van der Waals surface area contributed by atoms with Gasteiger partial charge in [-0.25, -0.2) is 0 Å². The predicted octanol–water partition coefficient (Wildman–Crippen LogP) is 2.22. The van der Waals surface area contributed by atoms with Crippen LogP contribution >= 0.6 is 0 Å². The van der Waals surface area contributed by atoms with Gasteiger partial charge < -0.3 is 5.73 Å². The van der Waals surface area contributed by atoms with Crippen LogP contribution in [0.1, 0.15) is 39.0 Å². The standard InChI is InChI=1S/C9H17N/c1-8-4-3-6-9(2,10)7-5-8/h1,3-7,10H2,2H3/t9-/m1/s1. The Morgan fingerprint density at radius 3 is 2.80 bits per heavy atom. The minimum absolute atomic E-state index is 0.0828. The van der Waals surface area contributed by atoms with Crippen LogP contribution in [0.5, 0.6) is 0 Å². The molecule has 0 unspecified atom stereocenters. The second-order valence-corrected chi connectivity index (χ2v) is 3.76. The van der Waals surface area contributed by atoms with Crippen molar-refractivity contribution in [2.75, 3.05) is 0 Å². The van der Waals surface area contributed by atoms with Crippen molar-refractivity contribution in [1.82, 2.24) is 0 Å². The molecule has 58 valence electrons. The summed E-state index contributed by atoms with van der Waals surface area (Å²) in [4.78, 5) is 0. The average Bonchev–Trinajstić information content (AvgIpc) is 1.94. The highest BCUT2D eigenvalue weighted by molar-refractivity contribution is 5.00. The monoisotopic (exact) mass is 139 g/mol. The van der Waals surface area contributed by atoms with Crippen molar-refractivity contribution in [3.8, 4) is 0 Å². The molecule has 1 nitrogen and oxygen atoms in total. The Hall–Kier alpha value is -0.300. The van der Waals surface area contributed by atoms with Gasteiger partial charge in [-0.2, -0.15) is 0 Å². The summed E-state index contributed by atoms with van der Waals surface area (Å²) in [6.07, 6.45) is 5.82. The molecule has 0 spiro atoms. The summed E-state index contributed by atoms with van der Waals surface area (Å²) in [7, 11) is 0. The summed E-state index contributed by atoms with van der Waals surface area (Å²) < 4.78 is 0. The number of hydrogen-bond acceptors (Lipinski definition) is 1. The van der Waals surface area contributed by atoms with Gasteiger partial charge in [-0.05, 0) is 39.0 Å². The van der Waals surface area contributed by atoms with Gasteiger partial charge in [0.05, 0.1) is 0 Å². The van der Waals surface area contributed by atoms with Gasteiger partial charge in [0, 0.05) is 5.54 Å². The zero-order chi connectivity index (χ0) is 7.61. The van der Waals surface area contributed by atoms with Crippen molar-refractivity contribution in [1.29, 1.82) is 0 Å². The third-order valence-corrected chi connectivity index (χ3v) is 2.33. The lowest BCUT2D eigenvalue weighted by molar-refractivity contribution is 0.411. The van der Waals surface area contributed by atoms with Gasteiger partial charge in [-0.15, -0.1) is 0 Å². The Morgan fingerprint density at radius 1 is 1.40 bits per heavy atom. The van der Waals surface area contributed by atoms with E-state index in [1.807, 2.05) is 0 Å². The van der Waals surface area contributed by atoms with Crippen LogP contribution in [0.3, 0.4) is 0 Å². The fraction of sp³-hybridized carbons (Fsp3) is 0.778. The van der Waals surface area contributed by atoms with Crippen LogP contribution in [-0.2, 0) is 0 Å². The summed E-state index contributed by atoms with van der Waals surface area (Å²) in [5.74, 6) is 0.